The van der Waals surface area contributed by atoms with Crippen molar-refractivity contribution in [2.75, 3.05) is 31.1 Å². The molecule has 0 amide bonds. The minimum atomic E-state index is -5.08. The summed E-state index contributed by atoms with van der Waals surface area (Å²) in [6, 6.07) is 1.89. The molecule has 1 unspecified atom stereocenters. The number of furan rings is 1. The van der Waals surface area contributed by atoms with Gasteiger partial charge in [-0.25, -0.2) is 23.4 Å². The largest absolute Gasteiger partial charge is 0.490 e. The van der Waals surface area contributed by atoms with Crippen molar-refractivity contribution in [2.24, 2.45) is 5.41 Å². The number of alkyl halides is 8. The highest BCUT2D eigenvalue weighted by atomic mass is 19.4. The van der Waals surface area contributed by atoms with Gasteiger partial charge in [0.25, 0.3) is 5.92 Å². The smallest absolute Gasteiger partial charge is 0.475 e. The lowest BCUT2D eigenvalue weighted by Crippen LogP contribution is -2.56. The van der Waals surface area contributed by atoms with Crippen LogP contribution < -0.4 is 4.90 Å². The summed E-state index contributed by atoms with van der Waals surface area (Å²) in [6.07, 6.45) is -1.66. The first-order valence-electron chi connectivity index (χ1n) is 10.7. The Morgan fingerprint density at radius 2 is 1.58 bits per heavy atom. The van der Waals surface area contributed by atoms with E-state index in [4.69, 9.17) is 24.2 Å². The zero-order valence-corrected chi connectivity index (χ0v) is 19.3. The molecule has 9 nitrogen and oxygen atoms in total. The molecule has 1 atom stereocenters. The first-order chi connectivity index (χ1) is 17.5. The number of anilines is 1. The molecule has 2 aromatic heterocycles. The van der Waals surface area contributed by atoms with E-state index in [-0.39, 0.29) is 6.42 Å². The standard InChI is InChI=1S/C17H20F2N4O.2C2HF3O2/c18-17(19)3-6-22(10-14-1-8-24-11-14)12-16(17)2-7-23(13-16)15-9-20-4-5-21-15;2*3-2(4,5)1(6)7/h1,4-5,8-9,11H,2-3,6-7,10,12-13H2;2*(H,6,7). The number of hydrogen-bond donors (Lipinski definition) is 2. The molecule has 1 spiro atoms. The average molecular weight is 562 g/mol. The number of aromatic nitrogens is 2. The van der Waals surface area contributed by atoms with E-state index in [2.05, 4.69) is 14.9 Å². The summed E-state index contributed by atoms with van der Waals surface area (Å²) in [5.41, 5.74) is 0.00566. The second kappa shape index (κ2) is 11.9. The molecule has 2 saturated heterocycles. The summed E-state index contributed by atoms with van der Waals surface area (Å²) < 4.78 is 98.2. The van der Waals surface area contributed by atoms with Crippen molar-refractivity contribution < 1.29 is 59.3 Å². The van der Waals surface area contributed by atoms with Gasteiger partial charge in [-0.05, 0) is 12.5 Å². The van der Waals surface area contributed by atoms with Crippen molar-refractivity contribution in [3.8, 4) is 0 Å². The summed E-state index contributed by atoms with van der Waals surface area (Å²) in [4.78, 5) is 30.1. The fraction of sp³-hybridized carbons (Fsp3) is 0.524. The Morgan fingerprint density at radius 3 is 2.05 bits per heavy atom. The molecule has 0 radical (unpaired) electrons. The molecule has 4 rings (SSSR count). The van der Waals surface area contributed by atoms with E-state index >= 15 is 0 Å². The molecule has 17 heteroatoms. The van der Waals surface area contributed by atoms with E-state index < -0.39 is 35.6 Å². The number of likely N-dealkylation sites (tertiary alicyclic amines) is 1. The van der Waals surface area contributed by atoms with Crippen LogP contribution in [0.15, 0.2) is 41.6 Å². The van der Waals surface area contributed by atoms with E-state index in [1.54, 1.807) is 31.1 Å². The quantitative estimate of drug-likeness (QED) is 0.534. The van der Waals surface area contributed by atoms with Crippen molar-refractivity contribution >= 4 is 17.8 Å². The van der Waals surface area contributed by atoms with Gasteiger partial charge in [-0.1, -0.05) is 0 Å². The molecule has 0 aliphatic carbocycles. The Bertz CT molecular complexity index is 1030. The minimum Gasteiger partial charge on any atom is -0.475 e. The molecule has 4 heterocycles. The van der Waals surface area contributed by atoms with Gasteiger partial charge in [0.2, 0.25) is 0 Å². The fourth-order valence-corrected chi connectivity index (χ4v) is 3.91. The van der Waals surface area contributed by atoms with Gasteiger partial charge in [0, 0.05) is 57.1 Å². The van der Waals surface area contributed by atoms with Crippen molar-refractivity contribution in [1.29, 1.82) is 0 Å². The number of halogens is 8. The SMILES string of the molecule is FC1(F)CCN(Cc2ccoc2)CC12CCN(c1cnccn1)C2.O=C(O)C(F)(F)F.O=C(O)C(F)(F)F. The number of carboxylic acids is 2. The third kappa shape index (κ3) is 8.26. The van der Waals surface area contributed by atoms with E-state index in [1.807, 2.05) is 11.0 Å². The van der Waals surface area contributed by atoms with Crippen molar-refractivity contribution in [3.63, 3.8) is 0 Å². The van der Waals surface area contributed by atoms with Crippen LogP contribution in [0.5, 0.6) is 0 Å². The van der Waals surface area contributed by atoms with Crippen LogP contribution in [0.2, 0.25) is 0 Å². The highest BCUT2D eigenvalue weighted by Crippen LogP contribution is 2.50. The Labute approximate surface area is 209 Å². The number of aliphatic carboxylic acids is 2. The molecule has 38 heavy (non-hydrogen) atoms. The zero-order chi connectivity index (χ0) is 28.8. The van der Waals surface area contributed by atoms with Gasteiger partial charge in [-0.3, -0.25) is 9.88 Å². The highest BCUT2D eigenvalue weighted by molar-refractivity contribution is 5.73. The van der Waals surface area contributed by atoms with Gasteiger partial charge >= 0.3 is 24.3 Å². The maximum absolute atomic E-state index is 14.8. The third-order valence-corrected chi connectivity index (χ3v) is 5.74. The van der Waals surface area contributed by atoms with Gasteiger partial charge in [0.15, 0.2) is 0 Å². The lowest BCUT2D eigenvalue weighted by Gasteiger charge is -2.45. The first-order valence-corrected chi connectivity index (χ1v) is 10.7. The van der Waals surface area contributed by atoms with Crippen molar-refractivity contribution in [2.45, 2.75) is 37.7 Å². The molecule has 0 bridgehead atoms. The molecule has 2 aliphatic rings. The fourth-order valence-electron chi connectivity index (χ4n) is 3.91. The molecular weight excluding hydrogens is 540 g/mol. The Hall–Kier alpha value is -3.50. The highest BCUT2D eigenvalue weighted by Gasteiger charge is 2.59. The maximum Gasteiger partial charge on any atom is 0.490 e. The molecule has 2 N–H and O–H groups in total. The third-order valence-electron chi connectivity index (χ3n) is 5.74. The molecule has 2 fully saturated rings. The zero-order valence-electron chi connectivity index (χ0n) is 19.3. The lowest BCUT2D eigenvalue weighted by atomic mass is 9.75. The van der Waals surface area contributed by atoms with E-state index in [0.29, 0.717) is 45.0 Å². The Morgan fingerprint density at radius 1 is 0.974 bits per heavy atom. The van der Waals surface area contributed by atoms with Gasteiger partial charge in [-0.15, -0.1) is 0 Å². The normalized spacial score (nSPS) is 21.2. The number of carbonyl (C=O) groups is 2. The average Bonchev–Trinajstić information content (AvgIpc) is 3.48. The van der Waals surface area contributed by atoms with Crippen molar-refractivity contribution in [1.82, 2.24) is 14.9 Å². The molecule has 2 aromatic rings. The van der Waals surface area contributed by atoms with Crippen LogP contribution in [-0.4, -0.2) is 81.5 Å². The number of hydrogen-bond acceptors (Lipinski definition) is 7. The van der Waals surface area contributed by atoms with E-state index in [0.717, 1.165) is 5.56 Å². The van der Waals surface area contributed by atoms with Crippen molar-refractivity contribution in [3.05, 3.63) is 42.7 Å². The van der Waals surface area contributed by atoms with Gasteiger partial charge < -0.3 is 19.5 Å². The molecule has 0 aromatic carbocycles. The molecule has 2 aliphatic heterocycles. The van der Waals surface area contributed by atoms with Gasteiger partial charge in [0.05, 0.1) is 24.1 Å². The van der Waals surface area contributed by atoms with Crippen LogP contribution in [0.4, 0.5) is 40.9 Å². The predicted molar refractivity (Wildman–Crippen MR) is 112 cm³/mol. The monoisotopic (exact) mass is 562 g/mol. The Balaban J connectivity index is 0.000000301. The van der Waals surface area contributed by atoms with Crippen LogP contribution in [0, 0.1) is 5.41 Å². The number of rotatable bonds is 3. The molecule has 0 saturated carbocycles. The predicted octanol–water partition coefficient (Wildman–Crippen LogP) is 4.07. The van der Waals surface area contributed by atoms with Crippen LogP contribution in [-0.2, 0) is 16.1 Å². The summed E-state index contributed by atoms with van der Waals surface area (Å²) >= 11 is 0. The topological polar surface area (TPSA) is 120 Å². The number of piperidine rings is 1. The van der Waals surface area contributed by atoms with Crippen LogP contribution in [0.25, 0.3) is 0 Å². The number of carboxylic acid groups (broad SMARTS) is 2. The summed E-state index contributed by atoms with van der Waals surface area (Å²) in [5.74, 6) is -7.49. The minimum absolute atomic E-state index is 0.0981. The van der Waals surface area contributed by atoms with Crippen LogP contribution in [0.1, 0.15) is 18.4 Å². The van der Waals surface area contributed by atoms with Crippen LogP contribution in [0.3, 0.4) is 0 Å². The Kier molecular flexibility index (Phi) is 9.63. The number of nitrogens with zero attached hydrogens (tertiary/aromatic N) is 4. The summed E-state index contributed by atoms with van der Waals surface area (Å²) in [6.45, 7) is 2.36. The van der Waals surface area contributed by atoms with E-state index in [1.165, 1.54) is 0 Å². The lowest BCUT2D eigenvalue weighted by molar-refractivity contribution is -0.193. The molecule has 212 valence electrons. The van der Waals surface area contributed by atoms with Gasteiger partial charge in [0.1, 0.15) is 5.82 Å². The summed E-state index contributed by atoms with van der Waals surface area (Å²) in [5, 5.41) is 14.2. The second-order valence-corrected chi connectivity index (χ2v) is 8.42. The maximum atomic E-state index is 14.8. The van der Waals surface area contributed by atoms with E-state index in [9.17, 15) is 35.1 Å². The second-order valence-electron chi connectivity index (χ2n) is 8.42. The van der Waals surface area contributed by atoms with Crippen LogP contribution >= 0.6 is 0 Å². The molecular formula is C21H22F8N4O5. The first kappa shape index (κ1) is 30.7. The summed E-state index contributed by atoms with van der Waals surface area (Å²) in [7, 11) is 0. The van der Waals surface area contributed by atoms with Gasteiger partial charge in [-0.2, -0.15) is 26.3 Å².